The topological polar surface area (TPSA) is 78.9 Å². The van der Waals surface area contributed by atoms with Gasteiger partial charge in [0.05, 0.1) is 0 Å². The molecule has 0 saturated carbocycles. The van der Waals surface area contributed by atoms with Crippen molar-refractivity contribution in [3.05, 3.63) is 24.3 Å². The second-order valence-electron chi connectivity index (χ2n) is 22.0. The van der Waals surface area contributed by atoms with Gasteiger partial charge in [-0.2, -0.15) is 0 Å². The Morgan fingerprint density at radius 1 is 0.264 bits per heavy atom. The fraction of sp³-hybridized carbons (Fsp3) is 0.894. The number of esters is 3. The molecular weight excluding hydrogens is 889 g/mol. The van der Waals surface area contributed by atoms with Crippen molar-refractivity contribution in [3.63, 3.8) is 0 Å². The first-order valence-electron chi connectivity index (χ1n) is 32.3. The Morgan fingerprint density at radius 2 is 0.486 bits per heavy atom. The summed E-state index contributed by atoms with van der Waals surface area (Å²) in [4.78, 5) is 38.0. The molecule has 72 heavy (non-hydrogen) atoms. The average Bonchev–Trinajstić information content (AvgIpc) is 3.38. The summed E-state index contributed by atoms with van der Waals surface area (Å²) in [7, 11) is 0. The van der Waals surface area contributed by atoms with Crippen LogP contribution in [0.15, 0.2) is 24.3 Å². The van der Waals surface area contributed by atoms with Crippen LogP contribution >= 0.6 is 0 Å². The number of unbranched alkanes of at least 4 members (excludes halogenated alkanes) is 45. The molecule has 1 atom stereocenters. The highest BCUT2D eigenvalue weighted by molar-refractivity contribution is 5.71. The zero-order valence-electron chi connectivity index (χ0n) is 48.7. The van der Waals surface area contributed by atoms with E-state index in [4.69, 9.17) is 14.2 Å². The molecule has 0 saturated heterocycles. The van der Waals surface area contributed by atoms with Gasteiger partial charge >= 0.3 is 17.9 Å². The van der Waals surface area contributed by atoms with Crippen molar-refractivity contribution in [2.75, 3.05) is 13.2 Å². The molecule has 0 N–H and O–H groups in total. The molecule has 0 rings (SSSR count). The summed E-state index contributed by atoms with van der Waals surface area (Å²) in [6.45, 7) is 6.55. The van der Waals surface area contributed by atoms with Crippen molar-refractivity contribution in [2.24, 2.45) is 0 Å². The molecule has 0 aliphatic heterocycles. The molecule has 6 nitrogen and oxygen atoms in total. The van der Waals surface area contributed by atoms with Gasteiger partial charge in [-0.15, -0.1) is 0 Å². The number of carbonyl (C=O) groups is 3. The summed E-state index contributed by atoms with van der Waals surface area (Å²) in [6, 6.07) is 0. The van der Waals surface area contributed by atoms with Gasteiger partial charge < -0.3 is 14.2 Å². The minimum absolute atomic E-state index is 0.0736. The van der Waals surface area contributed by atoms with E-state index in [1.54, 1.807) is 0 Å². The fourth-order valence-corrected chi connectivity index (χ4v) is 9.80. The van der Waals surface area contributed by atoms with Gasteiger partial charge in [0.25, 0.3) is 0 Å². The Balaban J connectivity index is 3.89. The summed E-state index contributed by atoms with van der Waals surface area (Å²) in [5.74, 6) is -0.879. The van der Waals surface area contributed by atoms with Crippen LogP contribution in [0.4, 0.5) is 0 Å². The molecule has 424 valence electrons. The van der Waals surface area contributed by atoms with Crippen molar-refractivity contribution in [2.45, 2.75) is 367 Å². The van der Waals surface area contributed by atoms with E-state index in [2.05, 4.69) is 45.1 Å². The molecule has 0 fully saturated rings. The van der Waals surface area contributed by atoms with Gasteiger partial charge in [-0.1, -0.05) is 308 Å². The van der Waals surface area contributed by atoms with Crippen LogP contribution in [0.25, 0.3) is 0 Å². The number of carbonyl (C=O) groups excluding carboxylic acids is 3. The van der Waals surface area contributed by atoms with Crippen molar-refractivity contribution in [1.29, 1.82) is 0 Å². The fourth-order valence-electron chi connectivity index (χ4n) is 9.80. The summed E-state index contributed by atoms with van der Waals surface area (Å²) in [5, 5.41) is 0. The molecule has 0 heterocycles. The normalized spacial score (nSPS) is 12.1. The maximum Gasteiger partial charge on any atom is 0.306 e. The molecule has 0 aromatic carbocycles. The second-order valence-corrected chi connectivity index (χ2v) is 22.0. The minimum atomic E-state index is -0.774. The number of hydrogen-bond donors (Lipinski definition) is 0. The SMILES string of the molecule is CCC/C=C\CCCCCCCC(=O)OCC(COC(=O)CCCCCCCCCCCCCCCCCCCCCCCCCCCCCCCCCCCC)OC(=O)CCCCCCC/C=C\CCC. The van der Waals surface area contributed by atoms with Crippen LogP contribution < -0.4 is 0 Å². The largest absolute Gasteiger partial charge is 0.462 e. The third-order valence-electron chi connectivity index (χ3n) is 14.6. The predicted molar refractivity (Wildman–Crippen MR) is 312 cm³/mol. The summed E-state index contributed by atoms with van der Waals surface area (Å²) >= 11 is 0. The quantitative estimate of drug-likeness (QED) is 0.0261. The number of ether oxygens (including phenoxy) is 3. The van der Waals surface area contributed by atoms with Crippen molar-refractivity contribution >= 4 is 17.9 Å². The zero-order valence-corrected chi connectivity index (χ0v) is 48.7. The van der Waals surface area contributed by atoms with Crippen LogP contribution in [0.5, 0.6) is 0 Å². The Hall–Kier alpha value is -2.11. The van der Waals surface area contributed by atoms with Gasteiger partial charge in [-0.05, 0) is 57.8 Å². The van der Waals surface area contributed by atoms with Gasteiger partial charge in [0.1, 0.15) is 13.2 Å². The van der Waals surface area contributed by atoms with Crippen LogP contribution in [0, 0.1) is 0 Å². The second kappa shape index (κ2) is 61.4. The molecule has 0 amide bonds. The maximum absolute atomic E-state index is 12.8. The molecule has 0 radical (unpaired) electrons. The van der Waals surface area contributed by atoms with E-state index in [-0.39, 0.29) is 31.1 Å². The van der Waals surface area contributed by atoms with E-state index in [0.717, 1.165) is 89.9 Å². The lowest BCUT2D eigenvalue weighted by molar-refractivity contribution is -0.167. The van der Waals surface area contributed by atoms with Crippen molar-refractivity contribution in [1.82, 2.24) is 0 Å². The molecule has 0 aromatic heterocycles. The Labute approximate surface area is 449 Å². The van der Waals surface area contributed by atoms with E-state index >= 15 is 0 Å². The number of rotatable bonds is 60. The smallest absolute Gasteiger partial charge is 0.306 e. The monoisotopic (exact) mass is 1010 g/mol. The summed E-state index contributed by atoms with van der Waals surface area (Å²) in [5.41, 5.74) is 0. The van der Waals surface area contributed by atoms with Gasteiger partial charge in [0.2, 0.25) is 0 Å². The lowest BCUT2D eigenvalue weighted by atomic mass is 10.0. The van der Waals surface area contributed by atoms with E-state index in [9.17, 15) is 14.4 Å². The molecule has 1 unspecified atom stereocenters. The van der Waals surface area contributed by atoms with Crippen molar-refractivity contribution < 1.29 is 28.6 Å². The molecule has 0 aliphatic carbocycles. The van der Waals surface area contributed by atoms with Gasteiger partial charge in [-0.25, -0.2) is 0 Å². The standard InChI is InChI=1S/C66H124O6/c1-4-7-10-13-16-19-22-23-24-25-26-27-28-29-30-31-32-33-34-35-36-37-38-39-40-41-42-43-44-45-48-50-53-56-59-65(68)71-62-63(72-66(69)60-57-54-51-47-21-18-15-12-9-6-3)61-70-64(67)58-55-52-49-46-20-17-14-11-8-5-2/h11-12,14-15,63H,4-10,13,16-62H2,1-3H3/b14-11-,15-12-. The van der Waals surface area contributed by atoms with Crippen molar-refractivity contribution in [3.8, 4) is 0 Å². The third-order valence-corrected chi connectivity index (χ3v) is 14.6. The van der Waals surface area contributed by atoms with Crippen LogP contribution in [0.1, 0.15) is 361 Å². The van der Waals surface area contributed by atoms with E-state index in [1.165, 1.54) is 231 Å². The van der Waals surface area contributed by atoms with Gasteiger partial charge in [0, 0.05) is 19.3 Å². The van der Waals surface area contributed by atoms with Crippen LogP contribution in [-0.2, 0) is 28.6 Å². The van der Waals surface area contributed by atoms with Crippen LogP contribution in [-0.4, -0.2) is 37.2 Å². The minimum Gasteiger partial charge on any atom is -0.462 e. The highest BCUT2D eigenvalue weighted by Crippen LogP contribution is 2.18. The Bertz CT molecular complexity index is 1160. The molecule has 0 spiro atoms. The predicted octanol–water partition coefficient (Wildman–Crippen LogP) is 21.8. The van der Waals surface area contributed by atoms with Crippen LogP contribution in [0.2, 0.25) is 0 Å². The van der Waals surface area contributed by atoms with Gasteiger partial charge in [-0.3, -0.25) is 14.4 Å². The summed E-state index contributed by atoms with van der Waals surface area (Å²) < 4.78 is 16.8. The maximum atomic E-state index is 12.8. The number of hydrogen-bond acceptors (Lipinski definition) is 6. The highest BCUT2D eigenvalue weighted by Gasteiger charge is 2.19. The van der Waals surface area contributed by atoms with E-state index < -0.39 is 6.10 Å². The molecule has 0 aliphatic rings. The van der Waals surface area contributed by atoms with E-state index in [0.29, 0.717) is 19.3 Å². The zero-order chi connectivity index (χ0) is 52.2. The van der Waals surface area contributed by atoms with Crippen LogP contribution in [0.3, 0.4) is 0 Å². The Morgan fingerprint density at radius 3 is 0.750 bits per heavy atom. The van der Waals surface area contributed by atoms with Gasteiger partial charge in [0.15, 0.2) is 6.10 Å². The third kappa shape index (κ3) is 58.8. The Kier molecular flexibility index (Phi) is 59.6. The summed E-state index contributed by atoms with van der Waals surface area (Å²) in [6.07, 6.45) is 73.9. The molecule has 6 heteroatoms. The molecule has 0 aromatic rings. The first-order chi connectivity index (χ1) is 35.5. The average molecular weight is 1010 g/mol. The first kappa shape index (κ1) is 69.9. The lowest BCUT2D eigenvalue weighted by Crippen LogP contribution is -2.30. The first-order valence-corrected chi connectivity index (χ1v) is 32.3. The van der Waals surface area contributed by atoms with E-state index in [1.807, 2.05) is 0 Å². The molecular formula is C66H124O6. The highest BCUT2D eigenvalue weighted by atomic mass is 16.6. The molecule has 0 bridgehead atoms. The number of allylic oxidation sites excluding steroid dienone is 4. The lowest BCUT2D eigenvalue weighted by Gasteiger charge is -2.18.